The maximum atomic E-state index is 5.67. The van der Waals surface area contributed by atoms with E-state index in [-0.39, 0.29) is 0 Å². The predicted molar refractivity (Wildman–Crippen MR) is 76.3 cm³/mol. The van der Waals surface area contributed by atoms with E-state index in [0.717, 1.165) is 31.0 Å². The highest BCUT2D eigenvalue weighted by Gasteiger charge is 1.96. The van der Waals surface area contributed by atoms with Crippen LogP contribution < -0.4 is 10.1 Å². The van der Waals surface area contributed by atoms with Crippen molar-refractivity contribution in [2.45, 2.75) is 26.3 Å². The number of furan rings is 1. The molecule has 19 heavy (non-hydrogen) atoms. The molecule has 1 aromatic carbocycles. The Morgan fingerprint density at radius 2 is 2.00 bits per heavy atom. The van der Waals surface area contributed by atoms with Gasteiger partial charge in [0.1, 0.15) is 18.1 Å². The molecular formula is C16H21NO2. The third-order valence-corrected chi connectivity index (χ3v) is 2.89. The number of rotatable bonds is 8. The van der Waals surface area contributed by atoms with Crippen LogP contribution >= 0.6 is 0 Å². The normalized spacial score (nSPS) is 10.6. The summed E-state index contributed by atoms with van der Waals surface area (Å²) in [4.78, 5) is 0. The zero-order valence-corrected chi connectivity index (χ0v) is 11.4. The third kappa shape index (κ3) is 4.79. The minimum absolute atomic E-state index is 0.661. The van der Waals surface area contributed by atoms with Crippen LogP contribution in [0.25, 0.3) is 0 Å². The Morgan fingerprint density at radius 3 is 2.68 bits per heavy atom. The first-order valence-corrected chi connectivity index (χ1v) is 6.83. The summed E-state index contributed by atoms with van der Waals surface area (Å²) in [6, 6.07) is 12.2. The maximum Gasteiger partial charge on any atom is 0.119 e. The molecule has 2 rings (SSSR count). The first kappa shape index (κ1) is 13.7. The zero-order chi connectivity index (χ0) is 13.3. The molecule has 1 N–H and O–H groups in total. The highest BCUT2D eigenvalue weighted by atomic mass is 16.5. The van der Waals surface area contributed by atoms with E-state index < -0.39 is 0 Å². The van der Waals surface area contributed by atoms with Crippen molar-refractivity contribution in [3.05, 3.63) is 54.0 Å². The van der Waals surface area contributed by atoms with E-state index in [9.17, 15) is 0 Å². The molecule has 0 aliphatic rings. The fraction of sp³-hybridized carbons (Fsp3) is 0.375. The van der Waals surface area contributed by atoms with Gasteiger partial charge in [-0.25, -0.2) is 0 Å². The Bertz CT molecular complexity index is 448. The molecular weight excluding hydrogens is 238 g/mol. The summed E-state index contributed by atoms with van der Waals surface area (Å²) < 4.78 is 10.9. The van der Waals surface area contributed by atoms with Crippen LogP contribution in [0, 0.1) is 0 Å². The fourth-order valence-electron chi connectivity index (χ4n) is 1.91. The summed E-state index contributed by atoms with van der Waals surface area (Å²) in [5, 5.41) is 3.27. The lowest BCUT2D eigenvalue weighted by Crippen LogP contribution is -2.20. The Kier molecular flexibility index (Phi) is 5.50. The van der Waals surface area contributed by atoms with Gasteiger partial charge in [0.25, 0.3) is 0 Å². The highest BCUT2D eigenvalue weighted by molar-refractivity contribution is 5.27. The van der Waals surface area contributed by atoms with Crippen LogP contribution in [0.1, 0.15) is 24.7 Å². The number of nitrogens with one attached hydrogen (secondary N) is 1. The standard InChI is InChI=1S/C16H21NO2/c1-2-4-14-6-8-15(9-7-14)19-12-10-17-13-16-5-3-11-18-16/h3,5-9,11,17H,2,4,10,12-13H2,1H3. The van der Waals surface area contributed by atoms with Gasteiger partial charge in [-0.1, -0.05) is 25.5 Å². The van der Waals surface area contributed by atoms with Crippen LogP contribution in [0.2, 0.25) is 0 Å². The lowest BCUT2D eigenvalue weighted by molar-refractivity contribution is 0.311. The average Bonchev–Trinajstić information content (AvgIpc) is 2.94. The molecule has 3 heteroatoms. The molecule has 0 fully saturated rings. The number of benzene rings is 1. The predicted octanol–water partition coefficient (Wildman–Crippen LogP) is 3.40. The van der Waals surface area contributed by atoms with Gasteiger partial charge in [-0.3, -0.25) is 0 Å². The summed E-state index contributed by atoms with van der Waals surface area (Å²) >= 11 is 0. The topological polar surface area (TPSA) is 34.4 Å². The lowest BCUT2D eigenvalue weighted by Gasteiger charge is -2.07. The van der Waals surface area contributed by atoms with Crippen LogP contribution in [0.4, 0.5) is 0 Å². The molecule has 1 heterocycles. The Labute approximate surface area is 114 Å². The molecule has 0 aliphatic heterocycles. The molecule has 0 unspecified atom stereocenters. The molecule has 102 valence electrons. The second kappa shape index (κ2) is 7.64. The van der Waals surface area contributed by atoms with Crippen molar-refractivity contribution in [1.82, 2.24) is 5.32 Å². The fourth-order valence-corrected chi connectivity index (χ4v) is 1.91. The monoisotopic (exact) mass is 259 g/mol. The van der Waals surface area contributed by atoms with E-state index in [2.05, 4.69) is 24.4 Å². The summed E-state index contributed by atoms with van der Waals surface area (Å²) in [5.41, 5.74) is 1.37. The summed E-state index contributed by atoms with van der Waals surface area (Å²) in [5.74, 6) is 1.88. The average molecular weight is 259 g/mol. The molecule has 0 atom stereocenters. The quantitative estimate of drug-likeness (QED) is 0.738. The summed E-state index contributed by atoms with van der Waals surface area (Å²) in [7, 11) is 0. The van der Waals surface area contributed by atoms with Crippen molar-refractivity contribution in [1.29, 1.82) is 0 Å². The van der Waals surface area contributed by atoms with Crippen molar-refractivity contribution in [3.63, 3.8) is 0 Å². The third-order valence-electron chi connectivity index (χ3n) is 2.89. The Morgan fingerprint density at radius 1 is 1.16 bits per heavy atom. The maximum absolute atomic E-state index is 5.67. The van der Waals surface area contributed by atoms with Gasteiger partial charge in [0.05, 0.1) is 12.8 Å². The van der Waals surface area contributed by atoms with Crippen molar-refractivity contribution in [2.24, 2.45) is 0 Å². The number of hydrogen-bond donors (Lipinski definition) is 1. The highest BCUT2D eigenvalue weighted by Crippen LogP contribution is 2.13. The van der Waals surface area contributed by atoms with E-state index in [1.165, 1.54) is 12.0 Å². The minimum atomic E-state index is 0.661. The second-order valence-electron chi connectivity index (χ2n) is 4.50. The van der Waals surface area contributed by atoms with Crippen LogP contribution in [0.3, 0.4) is 0 Å². The number of hydrogen-bond acceptors (Lipinski definition) is 3. The van der Waals surface area contributed by atoms with E-state index in [1.807, 2.05) is 24.3 Å². The van der Waals surface area contributed by atoms with E-state index in [4.69, 9.17) is 9.15 Å². The van der Waals surface area contributed by atoms with E-state index >= 15 is 0 Å². The zero-order valence-electron chi connectivity index (χ0n) is 11.4. The second-order valence-corrected chi connectivity index (χ2v) is 4.50. The van der Waals surface area contributed by atoms with Gasteiger partial charge < -0.3 is 14.5 Å². The number of ether oxygens (including phenoxy) is 1. The molecule has 2 aromatic rings. The van der Waals surface area contributed by atoms with Crippen molar-refractivity contribution >= 4 is 0 Å². The molecule has 0 radical (unpaired) electrons. The minimum Gasteiger partial charge on any atom is -0.492 e. The van der Waals surface area contributed by atoms with Crippen LogP contribution in [0.15, 0.2) is 47.1 Å². The molecule has 0 saturated carbocycles. The lowest BCUT2D eigenvalue weighted by atomic mass is 10.1. The summed E-state index contributed by atoms with van der Waals surface area (Å²) in [6.07, 6.45) is 3.99. The first-order chi connectivity index (χ1) is 9.38. The SMILES string of the molecule is CCCc1ccc(OCCNCc2ccco2)cc1. The van der Waals surface area contributed by atoms with Gasteiger partial charge in [0, 0.05) is 6.54 Å². The molecule has 0 spiro atoms. The molecule has 1 aromatic heterocycles. The first-order valence-electron chi connectivity index (χ1n) is 6.83. The van der Waals surface area contributed by atoms with E-state index in [0.29, 0.717) is 6.61 Å². The molecule has 0 amide bonds. The summed E-state index contributed by atoms with van der Waals surface area (Å²) in [6.45, 7) is 4.39. The van der Waals surface area contributed by atoms with Gasteiger partial charge in [0.15, 0.2) is 0 Å². The van der Waals surface area contributed by atoms with Crippen molar-refractivity contribution < 1.29 is 9.15 Å². The van der Waals surface area contributed by atoms with Crippen molar-refractivity contribution in [3.8, 4) is 5.75 Å². The molecule has 0 saturated heterocycles. The Balaban J connectivity index is 1.62. The van der Waals surface area contributed by atoms with Gasteiger partial charge in [-0.05, 0) is 36.2 Å². The van der Waals surface area contributed by atoms with Gasteiger partial charge >= 0.3 is 0 Å². The smallest absolute Gasteiger partial charge is 0.119 e. The number of aryl methyl sites for hydroxylation is 1. The van der Waals surface area contributed by atoms with Gasteiger partial charge in [0.2, 0.25) is 0 Å². The van der Waals surface area contributed by atoms with E-state index in [1.54, 1.807) is 6.26 Å². The van der Waals surface area contributed by atoms with Crippen LogP contribution in [-0.2, 0) is 13.0 Å². The molecule has 0 bridgehead atoms. The molecule has 0 aliphatic carbocycles. The van der Waals surface area contributed by atoms with Crippen LogP contribution in [0.5, 0.6) is 5.75 Å². The van der Waals surface area contributed by atoms with Crippen LogP contribution in [-0.4, -0.2) is 13.2 Å². The van der Waals surface area contributed by atoms with Gasteiger partial charge in [-0.15, -0.1) is 0 Å². The molecule has 3 nitrogen and oxygen atoms in total. The van der Waals surface area contributed by atoms with Gasteiger partial charge in [-0.2, -0.15) is 0 Å². The largest absolute Gasteiger partial charge is 0.492 e. The Hall–Kier alpha value is -1.74. The van der Waals surface area contributed by atoms with Crippen molar-refractivity contribution in [2.75, 3.05) is 13.2 Å².